The first-order valence-corrected chi connectivity index (χ1v) is 10.3. The molecule has 0 bridgehead atoms. The van der Waals surface area contributed by atoms with Gasteiger partial charge in [0.15, 0.2) is 0 Å². The molecule has 162 valence electrons. The van der Waals surface area contributed by atoms with E-state index >= 15 is 0 Å². The number of carbonyl (C=O) groups excluding carboxylic acids is 1. The van der Waals surface area contributed by atoms with Crippen LogP contribution in [0, 0.1) is 19.7 Å². The van der Waals surface area contributed by atoms with Gasteiger partial charge in [-0.2, -0.15) is 0 Å². The Kier molecular flexibility index (Phi) is 7.72. The zero-order valence-electron chi connectivity index (χ0n) is 17.4. The van der Waals surface area contributed by atoms with Gasteiger partial charge in [-0.3, -0.25) is 4.79 Å². The minimum Gasteiger partial charge on any atom is -0.368 e. The van der Waals surface area contributed by atoms with Crippen LogP contribution in [-0.2, 0) is 11.2 Å². The number of carbonyl (C=O) groups is 1. The Hall–Kier alpha value is -3.26. The lowest BCUT2D eigenvalue weighted by molar-refractivity contribution is -0.120. The Labute approximate surface area is 185 Å². The Bertz CT molecular complexity index is 1060. The van der Waals surface area contributed by atoms with E-state index in [4.69, 9.17) is 11.6 Å². The van der Waals surface area contributed by atoms with Crippen LogP contribution in [0.2, 0.25) is 5.02 Å². The van der Waals surface area contributed by atoms with Gasteiger partial charge < -0.3 is 16.0 Å². The lowest BCUT2D eigenvalue weighted by Crippen LogP contribution is -2.29. The third-order valence-electron chi connectivity index (χ3n) is 4.39. The fourth-order valence-electron chi connectivity index (χ4n) is 2.89. The molecule has 3 N–H and O–H groups in total. The Morgan fingerprint density at radius 1 is 1.03 bits per heavy atom. The molecule has 3 rings (SSSR count). The average molecular weight is 443 g/mol. The van der Waals surface area contributed by atoms with Gasteiger partial charge in [-0.25, -0.2) is 19.3 Å². The maximum absolute atomic E-state index is 13.2. The van der Waals surface area contributed by atoms with Crippen molar-refractivity contribution in [2.45, 2.75) is 26.7 Å². The normalized spacial score (nSPS) is 10.6. The summed E-state index contributed by atoms with van der Waals surface area (Å²) in [7, 11) is 0. The molecule has 2 heterocycles. The van der Waals surface area contributed by atoms with Gasteiger partial charge >= 0.3 is 0 Å². The molecule has 0 spiro atoms. The van der Waals surface area contributed by atoms with E-state index in [0.29, 0.717) is 49.2 Å². The van der Waals surface area contributed by atoms with Crippen LogP contribution in [0.1, 0.15) is 23.4 Å². The van der Waals surface area contributed by atoms with Crippen molar-refractivity contribution in [2.24, 2.45) is 0 Å². The second-order valence-electron chi connectivity index (χ2n) is 7.05. The molecule has 0 radical (unpaired) electrons. The van der Waals surface area contributed by atoms with Crippen molar-refractivity contribution in [3.05, 3.63) is 70.4 Å². The van der Waals surface area contributed by atoms with Crippen molar-refractivity contribution < 1.29 is 9.18 Å². The van der Waals surface area contributed by atoms with E-state index in [1.165, 1.54) is 6.07 Å². The lowest BCUT2D eigenvalue weighted by atomic mass is 10.1. The van der Waals surface area contributed by atoms with Gasteiger partial charge in [0.05, 0.1) is 5.02 Å². The van der Waals surface area contributed by atoms with E-state index in [1.807, 2.05) is 26.0 Å². The molecule has 0 atom stereocenters. The predicted molar refractivity (Wildman–Crippen MR) is 120 cm³/mol. The van der Waals surface area contributed by atoms with E-state index in [-0.39, 0.29) is 10.9 Å². The van der Waals surface area contributed by atoms with Crippen molar-refractivity contribution >= 4 is 35.0 Å². The summed E-state index contributed by atoms with van der Waals surface area (Å²) < 4.78 is 13.2. The van der Waals surface area contributed by atoms with Gasteiger partial charge in [0.2, 0.25) is 5.91 Å². The number of pyridine rings is 1. The van der Waals surface area contributed by atoms with Gasteiger partial charge in [0, 0.05) is 31.8 Å². The number of halogens is 2. The lowest BCUT2D eigenvalue weighted by Gasteiger charge is -2.11. The molecule has 31 heavy (non-hydrogen) atoms. The standard InChI is InChI=1S/C22H24ClFN6O/c1-14-7-8-25-19(11-14)30-21-13-20(28-15(2)29-21)26-9-10-27-22(31)6-4-16-3-5-18(24)17(23)12-16/h3,5,7-8,11-13H,4,6,9-10H2,1-2H3,(H,27,31)(H2,25,26,28,29,30). The molecule has 0 fully saturated rings. The van der Waals surface area contributed by atoms with Crippen LogP contribution in [-0.4, -0.2) is 33.9 Å². The number of anilines is 3. The highest BCUT2D eigenvalue weighted by atomic mass is 35.5. The molecule has 9 heteroatoms. The molecule has 0 aliphatic rings. The number of hydrogen-bond donors (Lipinski definition) is 3. The minimum atomic E-state index is -0.464. The number of aromatic nitrogens is 3. The van der Waals surface area contributed by atoms with Crippen LogP contribution in [0.5, 0.6) is 0 Å². The number of hydrogen-bond acceptors (Lipinski definition) is 6. The molecule has 1 amide bonds. The maximum Gasteiger partial charge on any atom is 0.220 e. The predicted octanol–water partition coefficient (Wildman–Crippen LogP) is 4.19. The fourth-order valence-corrected chi connectivity index (χ4v) is 3.10. The zero-order chi connectivity index (χ0) is 22.2. The van der Waals surface area contributed by atoms with Crippen molar-refractivity contribution in [2.75, 3.05) is 23.7 Å². The third-order valence-corrected chi connectivity index (χ3v) is 4.68. The SMILES string of the molecule is Cc1ccnc(Nc2cc(NCCNC(=O)CCc3ccc(F)c(Cl)c3)nc(C)n2)c1. The van der Waals surface area contributed by atoms with E-state index < -0.39 is 5.82 Å². The molecule has 0 aliphatic heterocycles. The summed E-state index contributed by atoms with van der Waals surface area (Å²) in [6.07, 6.45) is 2.52. The first-order chi connectivity index (χ1) is 14.9. The molecule has 1 aromatic carbocycles. The van der Waals surface area contributed by atoms with Crippen molar-refractivity contribution in [3.63, 3.8) is 0 Å². The highest BCUT2D eigenvalue weighted by Gasteiger charge is 2.06. The Morgan fingerprint density at radius 2 is 1.84 bits per heavy atom. The van der Waals surface area contributed by atoms with Crippen LogP contribution in [0.15, 0.2) is 42.6 Å². The highest BCUT2D eigenvalue weighted by Crippen LogP contribution is 2.17. The molecule has 0 aliphatic carbocycles. The van der Waals surface area contributed by atoms with Gasteiger partial charge in [-0.05, 0) is 55.7 Å². The smallest absolute Gasteiger partial charge is 0.220 e. The zero-order valence-corrected chi connectivity index (χ0v) is 18.1. The summed E-state index contributed by atoms with van der Waals surface area (Å²) in [5, 5.41) is 9.26. The van der Waals surface area contributed by atoms with Crippen LogP contribution >= 0.6 is 11.6 Å². The molecule has 0 unspecified atom stereocenters. The topological polar surface area (TPSA) is 91.8 Å². The number of nitrogens with zero attached hydrogens (tertiary/aromatic N) is 3. The summed E-state index contributed by atoms with van der Waals surface area (Å²) in [5.74, 6) is 2.05. The van der Waals surface area contributed by atoms with Crippen LogP contribution < -0.4 is 16.0 Å². The molecule has 0 saturated carbocycles. The quantitative estimate of drug-likeness (QED) is 0.430. The minimum absolute atomic E-state index is 0.0642. The molecular weight excluding hydrogens is 419 g/mol. The van der Waals surface area contributed by atoms with E-state index in [1.54, 1.807) is 24.4 Å². The monoisotopic (exact) mass is 442 g/mol. The number of aryl methyl sites for hydroxylation is 3. The molecule has 0 saturated heterocycles. The highest BCUT2D eigenvalue weighted by molar-refractivity contribution is 6.30. The van der Waals surface area contributed by atoms with E-state index in [0.717, 1.165) is 11.1 Å². The van der Waals surface area contributed by atoms with Gasteiger partial charge in [-0.15, -0.1) is 0 Å². The fraction of sp³-hybridized carbons (Fsp3) is 0.273. The largest absolute Gasteiger partial charge is 0.368 e. The average Bonchev–Trinajstić information content (AvgIpc) is 2.72. The number of amides is 1. The van der Waals surface area contributed by atoms with E-state index in [9.17, 15) is 9.18 Å². The second kappa shape index (κ2) is 10.7. The molecule has 3 aromatic rings. The number of benzene rings is 1. The molecule has 7 nitrogen and oxygen atoms in total. The molecule has 2 aromatic heterocycles. The summed E-state index contributed by atoms with van der Waals surface area (Å²) in [6, 6.07) is 10.1. The van der Waals surface area contributed by atoms with Crippen LogP contribution in [0.3, 0.4) is 0 Å². The van der Waals surface area contributed by atoms with Crippen molar-refractivity contribution in [1.29, 1.82) is 0 Å². The second-order valence-corrected chi connectivity index (χ2v) is 7.46. The summed E-state index contributed by atoms with van der Waals surface area (Å²) in [4.78, 5) is 25.0. The van der Waals surface area contributed by atoms with Gasteiger partial charge in [0.25, 0.3) is 0 Å². The van der Waals surface area contributed by atoms with Gasteiger partial charge in [0.1, 0.15) is 29.1 Å². The number of nitrogens with one attached hydrogen (secondary N) is 3. The summed E-state index contributed by atoms with van der Waals surface area (Å²) in [6.45, 7) is 4.75. The Morgan fingerprint density at radius 3 is 2.61 bits per heavy atom. The van der Waals surface area contributed by atoms with Crippen molar-refractivity contribution in [3.8, 4) is 0 Å². The van der Waals surface area contributed by atoms with Crippen molar-refractivity contribution in [1.82, 2.24) is 20.3 Å². The van der Waals surface area contributed by atoms with Crippen LogP contribution in [0.4, 0.5) is 21.8 Å². The van der Waals surface area contributed by atoms with E-state index in [2.05, 4.69) is 30.9 Å². The third kappa shape index (κ3) is 7.18. The summed E-state index contributed by atoms with van der Waals surface area (Å²) in [5.41, 5.74) is 1.92. The summed E-state index contributed by atoms with van der Waals surface area (Å²) >= 11 is 5.76. The molecular formula is C22H24ClFN6O. The maximum atomic E-state index is 13.2. The number of rotatable bonds is 9. The first kappa shape index (κ1) is 22.4. The van der Waals surface area contributed by atoms with Crippen LogP contribution in [0.25, 0.3) is 0 Å². The Balaban J connectivity index is 1.44. The first-order valence-electron chi connectivity index (χ1n) is 9.89. The van der Waals surface area contributed by atoms with Gasteiger partial charge in [-0.1, -0.05) is 17.7 Å².